The highest BCUT2D eigenvalue weighted by Gasteiger charge is 2.41. The third-order valence-electron chi connectivity index (χ3n) is 1.66. The van der Waals surface area contributed by atoms with Gasteiger partial charge in [0.1, 0.15) is 5.82 Å². The van der Waals surface area contributed by atoms with Crippen molar-refractivity contribution in [1.82, 2.24) is 9.71 Å². The van der Waals surface area contributed by atoms with Gasteiger partial charge >= 0.3 is 12.3 Å². The SMILES string of the molecule is N=c1nc(OCC(F)(F)C(F)F)cc(N)n1O. The summed E-state index contributed by atoms with van der Waals surface area (Å²) in [6, 6.07) is 0.819. The van der Waals surface area contributed by atoms with Crippen LogP contribution in [0.4, 0.5) is 23.4 Å². The van der Waals surface area contributed by atoms with Crippen molar-refractivity contribution in [2.45, 2.75) is 12.3 Å². The van der Waals surface area contributed by atoms with Gasteiger partial charge in [-0.3, -0.25) is 5.41 Å². The Labute approximate surface area is 91.7 Å². The van der Waals surface area contributed by atoms with Crippen LogP contribution in [0.15, 0.2) is 6.07 Å². The number of hydrogen-bond donors (Lipinski definition) is 3. The molecule has 0 aliphatic carbocycles. The first-order valence-corrected chi connectivity index (χ1v) is 4.16. The lowest BCUT2D eigenvalue weighted by Crippen LogP contribution is -2.34. The summed E-state index contributed by atoms with van der Waals surface area (Å²) in [4.78, 5) is 3.20. The van der Waals surface area contributed by atoms with Crippen molar-refractivity contribution in [2.75, 3.05) is 12.3 Å². The van der Waals surface area contributed by atoms with Gasteiger partial charge in [-0.1, -0.05) is 0 Å². The average molecular weight is 256 g/mol. The number of anilines is 1. The number of nitrogens with one attached hydrogen (secondary N) is 1. The highest BCUT2D eigenvalue weighted by Crippen LogP contribution is 2.23. The second-order valence-electron chi connectivity index (χ2n) is 3.01. The van der Waals surface area contributed by atoms with Crippen LogP contribution in [0.1, 0.15) is 0 Å². The maximum Gasteiger partial charge on any atom is 0.340 e. The van der Waals surface area contributed by atoms with Gasteiger partial charge in [-0.25, -0.2) is 8.78 Å². The van der Waals surface area contributed by atoms with Gasteiger partial charge in [0.25, 0.3) is 5.62 Å². The van der Waals surface area contributed by atoms with Crippen molar-refractivity contribution in [2.24, 2.45) is 0 Å². The molecular formula is C7H8F4N4O2. The van der Waals surface area contributed by atoms with E-state index in [1.54, 1.807) is 0 Å². The first kappa shape index (κ1) is 13.1. The number of hydrogen-bond acceptors (Lipinski definition) is 5. The van der Waals surface area contributed by atoms with Crippen LogP contribution in [0, 0.1) is 5.41 Å². The Kier molecular flexibility index (Phi) is 3.44. The number of halogens is 4. The number of rotatable bonds is 4. The number of aromatic nitrogens is 2. The minimum absolute atomic E-state index is 0.165. The number of nitrogen functional groups attached to an aromatic ring is 1. The third kappa shape index (κ3) is 2.98. The van der Waals surface area contributed by atoms with Gasteiger partial charge < -0.3 is 15.7 Å². The minimum atomic E-state index is -4.33. The molecule has 0 amide bonds. The molecule has 0 saturated carbocycles. The van der Waals surface area contributed by atoms with E-state index in [2.05, 4.69) is 9.72 Å². The molecule has 0 atom stereocenters. The van der Waals surface area contributed by atoms with Crippen LogP contribution >= 0.6 is 0 Å². The molecule has 0 fully saturated rings. The van der Waals surface area contributed by atoms with Crippen molar-refractivity contribution in [1.29, 1.82) is 5.41 Å². The molecule has 4 N–H and O–H groups in total. The van der Waals surface area contributed by atoms with E-state index in [1.807, 2.05) is 0 Å². The van der Waals surface area contributed by atoms with Crippen LogP contribution in [0.2, 0.25) is 0 Å². The molecule has 6 nitrogen and oxygen atoms in total. The lowest BCUT2D eigenvalue weighted by atomic mass is 10.4. The summed E-state index contributed by atoms with van der Waals surface area (Å²) in [6.07, 6.45) is -3.87. The Morgan fingerprint density at radius 2 is 2.18 bits per heavy atom. The molecule has 0 saturated heterocycles. The largest absolute Gasteiger partial charge is 0.471 e. The van der Waals surface area contributed by atoms with Crippen LogP contribution in [-0.4, -0.2) is 33.9 Å². The molecule has 1 aromatic heterocycles. The van der Waals surface area contributed by atoms with Crippen molar-refractivity contribution in [3.8, 4) is 5.88 Å². The van der Waals surface area contributed by atoms with Gasteiger partial charge in [-0.2, -0.15) is 13.8 Å². The maximum atomic E-state index is 12.5. The highest BCUT2D eigenvalue weighted by molar-refractivity contribution is 5.31. The van der Waals surface area contributed by atoms with Crippen LogP contribution < -0.4 is 16.1 Å². The molecule has 1 heterocycles. The fourth-order valence-electron chi connectivity index (χ4n) is 0.801. The topological polar surface area (TPSA) is 97.1 Å². The fraction of sp³-hybridized carbons (Fsp3) is 0.429. The number of alkyl halides is 4. The van der Waals surface area contributed by atoms with Crippen molar-refractivity contribution < 1.29 is 27.5 Å². The first-order chi connectivity index (χ1) is 7.74. The summed E-state index contributed by atoms with van der Waals surface area (Å²) in [7, 11) is 0. The lowest BCUT2D eigenvalue weighted by molar-refractivity contribution is -0.148. The van der Waals surface area contributed by atoms with Gasteiger partial charge in [0.2, 0.25) is 5.88 Å². The summed E-state index contributed by atoms with van der Waals surface area (Å²) in [6.45, 7) is -1.61. The first-order valence-electron chi connectivity index (χ1n) is 4.16. The number of nitrogens with zero attached hydrogens (tertiary/aromatic N) is 2. The quantitative estimate of drug-likeness (QED) is 0.538. The maximum absolute atomic E-state index is 12.5. The Morgan fingerprint density at radius 1 is 1.59 bits per heavy atom. The van der Waals surface area contributed by atoms with E-state index in [-0.39, 0.29) is 4.73 Å². The van der Waals surface area contributed by atoms with Gasteiger partial charge in [-0.15, -0.1) is 4.73 Å². The summed E-state index contributed by atoms with van der Waals surface area (Å²) in [5.74, 6) is -5.29. The summed E-state index contributed by atoms with van der Waals surface area (Å²) in [5, 5.41) is 16.0. The van der Waals surface area contributed by atoms with Gasteiger partial charge in [0, 0.05) is 6.07 Å². The zero-order valence-corrected chi connectivity index (χ0v) is 8.20. The van der Waals surface area contributed by atoms with Crippen LogP contribution in [0.25, 0.3) is 0 Å². The highest BCUT2D eigenvalue weighted by atomic mass is 19.3. The molecule has 0 aliphatic rings. The molecule has 0 bridgehead atoms. The second-order valence-corrected chi connectivity index (χ2v) is 3.01. The number of nitrogens with two attached hydrogens (primary N) is 1. The van der Waals surface area contributed by atoms with Crippen molar-refractivity contribution in [3.05, 3.63) is 11.7 Å². The lowest BCUT2D eigenvalue weighted by Gasteiger charge is -2.15. The van der Waals surface area contributed by atoms with E-state index < -0.39 is 36.3 Å². The number of ether oxygens (including phenoxy) is 1. The molecule has 1 aromatic rings. The van der Waals surface area contributed by atoms with E-state index in [1.165, 1.54) is 0 Å². The normalized spacial score (nSPS) is 11.8. The van der Waals surface area contributed by atoms with E-state index >= 15 is 0 Å². The Morgan fingerprint density at radius 3 is 2.65 bits per heavy atom. The predicted octanol–water partition coefficient (Wildman–Crippen LogP) is 0.461. The van der Waals surface area contributed by atoms with Gasteiger partial charge in [-0.05, 0) is 0 Å². The van der Waals surface area contributed by atoms with Gasteiger partial charge in [0.15, 0.2) is 6.61 Å². The molecule has 17 heavy (non-hydrogen) atoms. The molecular weight excluding hydrogens is 248 g/mol. The smallest absolute Gasteiger partial charge is 0.340 e. The van der Waals surface area contributed by atoms with E-state index in [0.29, 0.717) is 0 Å². The second kappa shape index (κ2) is 4.47. The zero-order chi connectivity index (χ0) is 13.2. The predicted molar refractivity (Wildman–Crippen MR) is 46.1 cm³/mol. The Bertz CT molecular complexity index is 462. The zero-order valence-electron chi connectivity index (χ0n) is 8.20. The van der Waals surface area contributed by atoms with Crippen LogP contribution in [-0.2, 0) is 0 Å². The van der Waals surface area contributed by atoms with E-state index in [4.69, 9.17) is 16.4 Å². The Balaban J connectivity index is 2.81. The summed E-state index contributed by atoms with van der Waals surface area (Å²) < 4.78 is 53.0. The summed E-state index contributed by atoms with van der Waals surface area (Å²) >= 11 is 0. The molecule has 0 spiro atoms. The van der Waals surface area contributed by atoms with Crippen molar-refractivity contribution >= 4 is 5.82 Å². The molecule has 0 unspecified atom stereocenters. The molecule has 1 rings (SSSR count). The molecule has 0 aliphatic heterocycles. The molecule has 96 valence electrons. The van der Waals surface area contributed by atoms with Crippen molar-refractivity contribution in [3.63, 3.8) is 0 Å². The third-order valence-corrected chi connectivity index (χ3v) is 1.66. The standard InChI is InChI=1S/C7H8F4N4O2/c8-5(9)7(10,11)2-17-4-1-3(12)15(16)6(13)14-4/h1,5,13,16H,2,12H2. The van der Waals surface area contributed by atoms with Crippen LogP contribution in [0.5, 0.6) is 5.88 Å². The fourth-order valence-corrected chi connectivity index (χ4v) is 0.801. The van der Waals surface area contributed by atoms with E-state index in [9.17, 15) is 17.6 Å². The molecule has 0 aromatic carbocycles. The molecule has 0 radical (unpaired) electrons. The average Bonchev–Trinajstić information content (AvgIpc) is 2.22. The minimum Gasteiger partial charge on any atom is -0.471 e. The monoisotopic (exact) mass is 256 g/mol. The van der Waals surface area contributed by atoms with Crippen LogP contribution in [0.3, 0.4) is 0 Å². The van der Waals surface area contributed by atoms with Gasteiger partial charge in [0.05, 0.1) is 0 Å². The summed E-state index contributed by atoms with van der Waals surface area (Å²) in [5.41, 5.74) is 4.38. The Hall–Kier alpha value is -2.00. The van der Waals surface area contributed by atoms with E-state index in [0.717, 1.165) is 6.07 Å². The molecule has 10 heteroatoms.